The second-order valence-corrected chi connectivity index (χ2v) is 12.3. The van der Waals surface area contributed by atoms with E-state index < -0.39 is 0 Å². The highest BCUT2D eigenvalue weighted by atomic mass is 35.5. The number of halogens is 1. The number of hydrogen-bond acceptors (Lipinski definition) is 2. The van der Waals surface area contributed by atoms with Gasteiger partial charge in [-0.1, -0.05) is 61.5 Å². The van der Waals surface area contributed by atoms with Gasteiger partial charge in [0.15, 0.2) is 12.4 Å². The van der Waals surface area contributed by atoms with Gasteiger partial charge in [0.05, 0.1) is 11.4 Å². The third-order valence-corrected chi connectivity index (χ3v) is 10.1. The predicted octanol–water partition coefficient (Wildman–Crippen LogP) is 7.31. The SMILES string of the molecule is CCC1=C(CC)c2nc1cc1[nH]c(cc3[nH]c(cc4nc(c2-[n+]2ccccc2)C(CC)=C4CC)c(CC)c3CC)c(CC)c1CC.[Cl-]. The average Bonchev–Trinajstić information content (AvgIpc) is 3.80. The number of allylic oxidation sites excluding steroid dienone is 4. The van der Waals surface area contributed by atoms with Gasteiger partial charge in [-0.15, -0.1) is 0 Å². The molecule has 0 aliphatic carbocycles. The summed E-state index contributed by atoms with van der Waals surface area (Å²) in [5.41, 5.74) is 20.9. The second kappa shape index (κ2) is 14.4. The summed E-state index contributed by atoms with van der Waals surface area (Å²) >= 11 is 0. The number of rotatable bonds is 9. The predicted molar refractivity (Wildman–Crippen MR) is 195 cm³/mol. The van der Waals surface area contributed by atoms with E-state index in [1.54, 1.807) is 0 Å². The fourth-order valence-electron chi connectivity index (χ4n) is 7.96. The monoisotopic (exact) mass is 647 g/mol. The summed E-state index contributed by atoms with van der Waals surface area (Å²) in [5, 5.41) is 0. The Morgan fingerprint density at radius 1 is 0.468 bits per heavy atom. The highest BCUT2D eigenvalue weighted by Crippen LogP contribution is 2.42. The summed E-state index contributed by atoms with van der Waals surface area (Å²) in [6, 6.07) is 13.3. The molecule has 246 valence electrons. The number of hydrogen-bond donors (Lipinski definition) is 2. The first-order valence-electron chi connectivity index (χ1n) is 17.7. The molecule has 2 N–H and O–H groups in total. The van der Waals surface area contributed by atoms with Crippen molar-refractivity contribution in [1.82, 2.24) is 19.9 Å². The lowest BCUT2D eigenvalue weighted by atomic mass is 9.96. The maximum Gasteiger partial charge on any atom is 0.262 e. The van der Waals surface area contributed by atoms with Gasteiger partial charge in [0.25, 0.3) is 5.69 Å². The van der Waals surface area contributed by atoms with Crippen molar-refractivity contribution in [3.05, 3.63) is 93.8 Å². The number of aryl methyl sites for hydroxylation is 4. The Morgan fingerprint density at radius 2 is 0.830 bits per heavy atom. The third kappa shape index (κ3) is 5.77. The first-order valence-corrected chi connectivity index (χ1v) is 17.7. The third-order valence-electron chi connectivity index (χ3n) is 10.1. The van der Waals surface area contributed by atoms with Crippen LogP contribution in [-0.2, 0) is 25.7 Å². The summed E-state index contributed by atoms with van der Waals surface area (Å²) in [4.78, 5) is 18.8. The van der Waals surface area contributed by atoms with E-state index in [-0.39, 0.29) is 12.4 Å². The van der Waals surface area contributed by atoms with Crippen LogP contribution in [0.15, 0.2) is 48.8 Å². The molecule has 0 unspecified atom stereocenters. The van der Waals surface area contributed by atoms with Crippen LogP contribution in [-0.4, -0.2) is 19.9 Å². The second-order valence-electron chi connectivity index (χ2n) is 12.3. The van der Waals surface area contributed by atoms with E-state index in [1.165, 1.54) is 66.6 Å². The van der Waals surface area contributed by atoms with Crippen molar-refractivity contribution in [3.63, 3.8) is 0 Å². The lowest BCUT2D eigenvalue weighted by Gasteiger charge is -2.08. The molecule has 6 rings (SSSR count). The largest absolute Gasteiger partial charge is 1.00 e. The number of aromatic nitrogens is 5. The molecule has 0 saturated heterocycles. The van der Waals surface area contributed by atoms with Crippen LogP contribution < -0.4 is 17.0 Å². The molecule has 6 heteroatoms. The molecule has 0 fully saturated rings. The number of aromatic amines is 2. The molecule has 2 aliphatic rings. The highest BCUT2D eigenvalue weighted by Gasteiger charge is 2.32. The van der Waals surface area contributed by atoms with Crippen LogP contribution in [0.5, 0.6) is 0 Å². The number of H-pyrrole nitrogens is 2. The molecule has 0 radical (unpaired) electrons. The standard InChI is InChI=1S/C41H50N5.ClH/c1-9-25-27(11-3)35-23-37-29(13-5)31(15-7)39(44-37)41(46-20-18-17-19-21-46)40-32(16-8)30(14-6)38(45-40)24-36-28(12-4)26(10-2)34(43-36)22-33(25)42-35;/h17-24,42-43H,9-16H2,1-8H3;1H/q+1;/p-1. The minimum atomic E-state index is 0. The summed E-state index contributed by atoms with van der Waals surface area (Å²) in [6.45, 7) is 18.2. The minimum Gasteiger partial charge on any atom is -1.00 e. The Labute approximate surface area is 286 Å². The smallest absolute Gasteiger partial charge is 0.262 e. The highest BCUT2D eigenvalue weighted by molar-refractivity contribution is 5.99. The van der Waals surface area contributed by atoms with E-state index in [0.717, 1.165) is 79.8 Å². The van der Waals surface area contributed by atoms with Gasteiger partial charge in [-0.3, -0.25) is 0 Å². The van der Waals surface area contributed by atoms with Crippen LogP contribution in [0.25, 0.3) is 50.0 Å². The van der Waals surface area contributed by atoms with Crippen LogP contribution in [0, 0.1) is 0 Å². The van der Waals surface area contributed by atoms with Crippen molar-refractivity contribution in [2.75, 3.05) is 0 Å². The summed E-state index contributed by atoms with van der Waals surface area (Å²) in [6.07, 6.45) is 11.9. The number of pyridine rings is 1. The zero-order chi connectivity index (χ0) is 32.5. The van der Waals surface area contributed by atoms with Crippen molar-refractivity contribution >= 4 is 44.4 Å². The van der Waals surface area contributed by atoms with Crippen LogP contribution in [0.3, 0.4) is 0 Å². The van der Waals surface area contributed by atoms with Gasteiger partial charge in [0.1, 0.15) is 11.4 Å². The fraction of sp³-hybridized carbons (Fsp3) is 0.390. The van der Waals surface area contributed by atoms with E-state index in [1.807, 2.05) is 0 Å². The number of nitrogens with one attached hydrogen (secondary N) is 2. The maximum atomic E-state index is 5.53. The molecule has 8 bridgehead atoms. The van der Waals surface area contributed by atoms with Crippen molar-refractivity contribution in [3.8, 4) is 5.69 Å². The van der Waals surface area contributed by atoms with Crippen molar-refractivity contribution in [2.45, 2.75) is 107 Å². The van der Waals surface area contributed by atoms with E-state index in [2.05, 4.69) is 119 Å². The van der Waals surface area contributed by atoms with Gasteiger partial charge < -0.3 is 22.4 Å². The molecule has 2 aliphatic heterocycles. The van der Waals surface area contributed by atoms with Gasteiger partial charge in [-0.25, -0.2) is 9.97 Å². The zero-order valence-electron chi connectivity index (χ0n) is 29.5. The van der Waals surface area contributed by atoms with Gasteiger partial charge in [-0.05, 0) is 114 Å². The summed E-state index contributed by atoms with van der Waals surface area (Å²) in [5.74, 6) is 0. The number of nitrogens with zero attached hydrogens (tertiary/aromatic N) is 3. The average molecular weight is 648 g/mol. The van der Waals surface area contributed by atoms with Crippen molar-refractivity contribution in [2.24, 2.45) is 0 Å². The molecule has 5 nitrogen and oxygen atoms in total. The van der Waals surface area contributed by atoms with E-state index in [9.17, 15) is 0 Å². The Bertz CT molecular complexity index is 1900. The Kier molecular flexibility index (Phi) is 10.6. The molecule has 47 heavy (non-hydrogen) atoms. The van der Waals surface area contributed by atoms with Crippen molar-refractivity contribution < 1.29 is 17.0 Å². The summed E-state index contributed by atoms with van der Waals surface area (Å²) < 4.78 is 2.24. The molecular formula is C41H50ClN5. The van der Waals surface area contributed by atoms with Gasteiger partial charge >= 0.3 is 0 Å². The van der Waals surface area contributed by atoms with E-state index >= 15 is 0 Å². The molecule has 4 aromatic heterocycles. The molecule has 6 heterocycles. The fourth-order valence-corrected chi connectivity index (χ4v) is 7.96. The zero-order valence-corrected chi connectivity index (χ0v) is 30.3. The van der Waals surface area contributed by atoms with Crippen LogP contribution in [0.1, 0.15) is 126 Å². The quantitative estimate of drug-likeness (QED) is 0.187. The minimum absolute atomic E-state index is 0. The van der Waals surface area contributed by atoms with Gasteiger partial charge in [0, 0.05) is 34.2 Å². The van der Waals surface area contributed by atoms with Crippen LogP contribution in [0.4, 0.5) is 0 Å². The van der Waals surface area contributed by atoms with E-state index in [4.69, 9.17) is 9.97 Å². The molecule has 0 spiro atoms. The first kappa shape index (κ1) is 34.4. The van der Waals surface area contributed by atoms with Crippen molar-refractivity contribution in [1.29, 1.82) is 0 Å². The Morgan fingerprint density at radius 3 is 1.17 bits per heavy atom. The maximum absolute atomic E-state index is 5.53. The Balaban J connectivity index is 0.00000433. The van der Waals surface area contributed by atoms with Gasteiger partial charge in [0.2, 0.25) is 0 Å². The number of fused-ring (bicyclic) bond motifs is 8. The van der Waals surface area contributed by atoms with Gasteiger partial charge in [-0.2, -0.15) is 4.57 Å². The molecular weight excluding hydrogens is 598 g/mol. The lowest BCUT2D eigenvalue weighted by Crippen LogP contribution is -3.00. The topological polar surface area (TPSA) is 61.2 Å². The molecule has 0 aromatic carbocycles. The summed E-state index contributed by atoms with van der Waals surface area (Å²) in [7, 11) is 0. The molecule has 0 atom stereocenters. The van der Waals surface area contributed by atoms with E-state index in [0.29, 0.717) is 0 Å². The Hall–Kier alpha value is -3.96. The molecule has 0 saturated carbocycles. The molecule has 0 amide bonds. The molecule has 4 aromatic rings. The van der Waals surface area contributed by atoms with Crippen LogP contribution in [0.2, 0.25) is 0 Å². The lowest BCUT2D eigenvalue weighted by molar-refractivity contribution is -0.596. The normalized spacial score (nSPS) is 13.0. The van der Waals surface area contributed by atoms with Crippen LogP contribution >= 0.6 is 0 Å². The first-order chi connectivity index (χ1) is 22.5.